The van der Waals surface area contributed by atoms with Gasteiger partial charge in [0.1, 0.15) is 0 Å². The molecule has 1 aromatic carbocycles. The van der Waals surface area contributed by atoms with Crippen molar-refractivity contribution in [1.82, 2.24) is 0 Å². The van der Waals surface area contributed by atoms with E-state index in [9.17, 15) is 0 Å². The molecule has 0 heterocycles. The molecule has 0 amide bonds. The molecule has 0 saturated heterocycles. The largest absolute Gasteiger partial charge is 0.0732 e. The summed E-state index contributed by atoms with van der Waals surface area (Å²) in [6.45, 7) is 8.85. The lowest BCUT2D eigenvalue weighted by Crippen LogP contribution is -2.00. The standard InChI is InChI=1S/C18H22/c1-13(2)18-12-15(4)9-11-17(18)16-7-5-6-14(3)8-10-16/h5-13,16H,1-4H3. The molecule has 1 aliphatic carbocycles. The smallest absolute Gasteiger partial charge is 0.0207 e. The zero-order chi connectivity index (χ0) is 13.1. The van der Waals surface area contributed by atoms with Gasteiger partial charge in [-0.25, -0.2) is 0 Å². The van der Waals surface area contributed by atoms with Crippen LogP contribution in [0.5, 0.6) is 0 Å². The van der Waals surface area contributed by atoms with Crippen molar-refractivity contribution in [3.63, 3.8) is 0 Å². The van der Waals surface area contributed by atoms with Gasteiger partial charge in [0.2, 0.25) is 0 Å². The predicted octanol–water partition coefficient (Wildman–Crippen LogP) is 5.27. The summed E-state index contributed by atoms with van der Waals surface area (Å²) in [5, 5.41) is 0. The lowest BCUT2D eigenvalue weighted by molar-refractivity contribution is 0.837. The molecule has 2 rings (SSSR count). The average molecular weight is 238 g/mol. The fraction of sp³-hybridized carbons (Fsp3) is 0.333. The molecule has 1 unspecified atom stereocenters. The van der Waals surface area contributed by atoms with E-state index in [1.807, 2.05) is 0 Å². The number of rotatable bonds is 2. The predicted molar refractivity (Wildman–Crippen MR) is 80.0 cm³/mol. The van der Waals surface area contributed by atoms with Crippen LogP contribution in [0.25, 0.3) is 0 Å². The van der Waals surface area contributed by atoms with Crippen LogP contribution in [0, 0.1) is 6.92 Å². The van der Waals surface area contributed by atoms with Gasteiger partial charge in [0, 0.05) is 5.92 Å². The van der Waals surface area contributed by atoms with E-state index in [4.69, 9.17) is 0 Å². The minimum absolute atomic E-state index is 0.400. The molecular formula is C18H22. The van der Waals surface area contributed by atoms with Crippen molar-refractivity contribution in [3.8, 4) is 0 Å². The first-order chi connectivity index (χ1) is 8.58. The fourth-order valence-corrected chi connectivity index (χ4v) is 2.41. The molecule has 0 fully saturated rings. The van der Waals surface area contributed by atoms with Crippen LogP contribution < -0.4 is 0 Å². The average Bonchev–Trinajstić information content (AvgIpc) is 2.54. The maximum Gasteiger partial charge on any atom is 0.0207 e. The summed E-state index contributed by atoms with van der Waals surface area (Å²) in [4.78, 5) is 0. The number of hydrogen-bond donors (Lipinski definition) is 0. The summed E-state index contributed by atoms with van der Waals surface area (Å²) in [6.07, 6.45) is 11.1. The third-order valence-electron chi connectivity index (χ3n) is 3.47. The van der Waals surface area contributed by atoms with E-state index in [1.165, 1.54) is 22.3 Å². The number of benzene rings is 1. The third-order valence-corrected chi connectivity index (χ3v) is 3.47. The van der Waals surface area contributed by atoms with Crippen molar-refractivity contribution in [2.45, 2.75) is 39.5 Å². The maximum atomic E-state index is 2.33. The maximum absolute atomic E-state index is 2.33. The van der Waals surface area contributed by atoms with Crippen molar-refractivity contribution in [2.75, 3.05) is 0 Å². The van der Waals surface area contributed by atoms with Crippen LogP contribution in [-0.4, -0.2) is 0 Å². The summed E-state index contributed by atoms with van der Waals surface area (Å²) in [5.41, 5.74) is 5.56. The van der Waals surface area contributed by atoms with Gasteiger partial charge in [-0.05, 0) is 30.9 Å². The lowest BCUT2D eigenvalue weighted by atomic mass is 9.87. The van der Waals surface area contributed by atoms with Gasteiger partial charge in [0.15, 0.2) is 0 Å². The topological polar surface area (TPSA) is 0 Å². The van der Waals surface area contributed by atoms with Gasteiger partial charge in [0.25, 0.3) is 0 Å². The molecule has 0 heteroatoms. The van der Waals surface area contributed by atoms with Gasteiger partial charge in [-0.1, -0.05) is 73.6 Å². The van der Waals surface area contributed by atoms with Crippen LogP contribution >= 0.6 is 0 Å². The zero-order valence-electron chi connectivity index (χ0n) is 11.8. The molecule has 0 aromatic heterocycles. The second kappa shape index (κ2) is 5.39. The monoisotopic (exact) mass is 238 g/mol. The van der Waals surface area contributed by atoms with Crippen LogP contribution in [0.15, 0.2) is 54.2 Å². The van der Waals surface area contributed by atoms with E-state index >= 15 is 0 Å². The van der Waals surface area contributed by atoms with Crippen LogP contribution in [0.4, 0.5) is 0 Å². The Morgan fingerprint density at radius 2 is 1.83 bits per heavy atom. The molecule has 0 spiro atoms. The Balaban J connectivity index is 2.43. The normalized spacial score (nSPS) is 18.9. The Labute approximate surface area is 111 Å². The quantitative estimate of drug-likeness (QED) is 0.658. The van der Waals surface area contributed by atoms with E-state index in [1.54, 1.807) is 0 Å². The molecule has 0 nitrogen and oxygen atoms in total. The second-order valence-electron chi connectivity index (χ2n) is 5.47. The number of aryl methyl sites for hydroxylation is 1. The van der Waals surface area contributed by atoms with E-state index in [2.05, 4.69) is 76.3 Å². The molecule has 0 bridgehead atoms. The first kappa shape index (κ1) is 12.9. The van der Waals surface area contributed by atoms with Gasteiger partial charge >= 0.3 is 0 Å². The second-order valence-corrected chi connectivity index (χ2v) is 5.47. The Morgan fingerprint density at radius 3 is 2.56 bits per heavy atom. The SMILES string of the molecule is CC1=CC=CC(c2ccc(C)cc2C(C)C)C=C1. The van der Waals surface area contributed by atoms with Gasteiger partial charge in [0.05, 0.1) is 0 Å². The number of allylic oxidation sites excluding steroid dienone is 6. The van der Waals surface area contributed by atoms with Gasteiger partial charge in [-0.2, -0.15) is 0 Å². The third kappa shape index (κ3) is 2.81. The molecule has 0 N–H and O–H groups in total. The van der Waals surface area contributed by atoms with Gasteiger partial charge in [-0.15, -0.1) is 0 Å². The highest BCUT2D eigenvalue weighted by Gasteiger charge is 2.13. The molecule has 0 aliphatic heterocycles. The van der Waals surface area contributed by atoms with Crippen molar-refractivity contribution in [3.05, 3.63) is 70.8 Å². The van der Waals surface area contributed by atoms with Crippen LogP contribution in [0.1, 0.15) is 49.3 Å². The molecule has 0 saturated carbocycles. The lowest BCUT2D eigenvalue weighted by Gasteiger charge is -2.17. The summed E-state index contributed by atoms with van der Waals surface area (Å²) in [7, 11) is 0. The number of hydrogen-bond acceptors (Lipinski definition) is 0. The molecule has 1 aliphatic rings. The highest BCUT2D eigenvalue weighted by molar-refractivity contribution is 5.43. The fourth-order valence-electron chi connectivity index (χ4n) is 2.41. The summed E-state index contributed by atoms with van der Waals surface area (Å²) in [5.74, 6) is 0.968. The first-order valence-electron chi connectivity index (χ1n) is 6.71. The highest BCUT2D eigenvalue weighted by Crippen LogP contribution is 2.30. The molecule has 1 atom stereocenters. The van der Waals surface area contributed by atoms with Crippen molar-refractivity contribution in [2.24, 2.45) is 0 Å². The van der Waals surface area contributed by atoms with Crippen LogP contribution in [0.2, 0.25) is 0 Å². The van der Waals surface area contributed by atoms with E-state index in [0.717, 1.165) is 0 Å². The minimum atomic E-state index is 0.400. The molecule has 94 valence electrons. The molecular weight excluding hydrogens is 216 g/mol. The molecule has 1 aromatic rings. The first-order valence-corrected chi connectivity index (χ1v) is 6.71. The van der Waals surface area contributed by atoms with Crippen molar-refractivity contribution < 1.29 is 0 Å². The summed E-state index contributed by atoms with van der Waals surface area (Å²) >= 11 is 0. The molecule has 0 radical (unpaired) electrons. The summed E-state index contributed by atoms with van der Waals surface area (Å²) in [6, 6.07) is 6.82. The van der Waals surface area contributed by atoms with Crippen LogP contribution in [-0.2, 0) is 0 Å². The van der Waals surface area contributed by atoms with E-state index in [0.29, 0.717) is 11.8 Å². The van der Waals surface area contributed by atoms with Gasteiger partial charge in [-0.3, -0.25) is 0 Å². The Morgan fingerprint density at radius 1 is 1.06 bits per heavy atom. The summed E-state index contributed by atoms with van der Waals surface area (Å²) < 4.78 is 0. The Kier molecular flexibility index (Phi) is 3.86. The zero-order valence-corrected chi connectivity index (χ0v) is 11.8. The van der Waals surface area contributed by atoms with Crippen LogP contribution in [0.3, 0.4) is 0 Å². The molecule has 18 heavy (non-hydrogen) atoms. The minimum Gasteiger partial charge on any atom is -0.0732 e. The Hall–Kier alpha value is -1.56. The van der Waals surface area contributed by atoms with E-state index in [-0.39, 0.29) is 0 Å². The Bertz CT molecular complexity index is 513. The van der Waals surface area contributed by atoms with Gasteiger partial charge < -0.3 is 0 Å². The highest BCUT2D eigenvalue weighted by atomic mass is 14.2. The van der Waals surface area contributed by atoms with Crippen molar-refractivity contribution >= 4 is 0 Å². The van der Waals surface area contributed by atoms with E-state index < -0.39 is 0 Å². The van der Waals surface area contributed by atoms with Crippen molar-refractivity contribution in [1.29, 1.82) is 0 Å².